The van der Waals surface area contributed by atoms with Gasteiger partial charge in [-0.05, 0) is 32.7 Å². The van der Waals surface area contributed by atoms with Gasteiger partial charge in [0.05, 0.1) is 6.61 Å². The van der Waals surface area contributed by atoms with Crippen molar-refractivity contribution >= 4 is 0 Å². The van der Waals surface area contributed by atoms with Gasteiger partial charge in [0.25, 0.3) is 0 Å². The van der Waals surface area contributed by atoms with Crippen LogP contribution in [0.1, 0.15) is 32.1 Å². The first kappa shape index (κ1) is 15.1. The summed E-state index contributed by atoms with van der Waals surface area (Å²) in [4.78, 5) is 2.37. The number of nitrogens with one attached hydrogen (secondary N) is 1. The Morgan fingerprint density at radius 3 is 2.37 bits per heavy atom. The van der Waals surface area contributed by atoms with Gasteiger partial charge >= 0.3 is 6.18 Å². The van der Waals surface area contributed by atoms with Gasteiger partial charge in [-0.1, -0.05) is 6.42 Å². The van der Waals surface area contributed by atoms with Crippen molar-refractivity contribution in [2.75, 3.05) is 26.8 Å². The van der Waals surface area contributed by atoms with Crippen LogP contribution in [0.3, 0.4) is 0 Å². The predicted octanol–water partition coefficient (Wildman–Crippen LogP) is 2.17. The maximum atomic E-state index is 12.0. The van der Waals surface area contributed by atoms with Crippen molar-refractivity contribution in [1.29, 1.82) is 0 Å². The number of halogens is 3. The van der Waals surface area contributed by atoms with Gasteiger partial charge in [0.2, 0.25) is 0 Å². The predicted molar refractivity (Wildman–Crippen MR) is 67.1 cm³/mol. The third-order valence-corrected chi connectivity index (χ3v) is 4.29. The molecule has 0 aliphatic carbocycles. The molecule has 0 aromatic heterocycles. The molecule has 0 aromatic rings. The Labute approximate surface area is 112 Å². The van der Waals surface area contributed by atoms with E-state index in [-0.39, 0.29) is 6.61 Å². The van der Waals surface area contributed by atoms with Crippen LogP contribution < -0.4 is 5.32 Å². The summed E-state index contributed by atoms with van der Waals surface area (Å²) in [5.74, 6) is 0. The van der Waals surface area contributed by atoms with E-state index in [0.29, 0.717) is 24.7 Å². The van der Waals surface area contributed by atoms with Crippen molar-refractivity contribution < 1.29 is 17.9 Å². The Hall–Kier alpha value is -0.330. The zero-order chi connectivity index (χ0) is 13.9. The van der Waals surface area contributed by atoms with Gasteiger partial charge in [-0.3, -0.25) is 4.90 Å². The van der Waals surface area contributed by atoms with Gasteiger partial charge in [0.15, 0.2) is 0 Å². The number of piperidine rings is 2. The number of ether oxygens (including phenoxy) is 1. The fourth-order valence-electron chi connectivity index (χ4n) is 3.44. The van der Waals surface area contributed by atoms with Crippen molar-refractivity contribution in [3.8, 4) is 0 Å². The molecule has 3 nitrogen and oxygen atoms in total. The summed E-state index contributed by atoms with van der Waals surface area (Å²) in [6, 6.07) is 1.58. The lowest BCUT2D eigenvalue weighted by Crippen LogP contribution is -2.56. The van der Waals surface area contributed by atoms with E-state index in [1.165, 1.54) is 6.42 Å². The summed E-state index contributed by atoms with van der Waals surface area (Å²) in [6.07, 6.45) is 1.56. The summed E-state index contributed by atoms with van der Waals surface area (Å²) >= 11 is 0. The van der Waals surface area contributed by atoms with Crippen molar-refractivity contribution in [3.63, 3.8) is 0 Å². The molecule has 2 rings (SSSR count). The molecule has 112 valence electrons. The summed E-state index contributed by atoms with van der Waals surface area (Å²) in [7, 11) is 1.99. The smallest absolute Gasteiger partial charge is 0.371 e. The minimum absolute atomic E-state index is 0.177. The Morgan fingerprint density at radius 2 is 1.84 bits per heavy atom. The first-order valence-electron chi connectivity index (χ1n) is 7.07. The van der Waals surface area contributed by atoms with Crippen LogP contribution in [-0.2, 0) is 4.74 Å². The minimum Gasteiger partial charge on any atom is -0.371 e. The van der Waals surface area contributed by atoms with Gasteiger partial charge in [0, 0.05) is 24.7 Å². The molecule has 6 heteroatoms. The van der Waals surface area contributed by atoms with Gasteiger partial charge in [0.1, 0.15) is 6.61 Å². The van der Waals surface area contributed by atoms with E-state index in [1.54, 1.807) is 0 Å². The highest BCUT2D eigenvalue weighted by molar-refractivity contribution is 4.94. The molecule has 2 unspecified atom stereocenters. The molecule has 19 heavy (non-hydrogen) atoms. The number of fused-ring (bicyclic) bond motifs is 2. The Morgan fingerprint density at radius 1 is 1.21 bits per heavy atom. The molecular formula is C13H23F3N2O. The van der Waals surface area contributed by atoms with Crippen molar-refractivity contribution in [3.05, 3.63) is 0 Å². The van der Waals surface area contributed by atoms with Crippen LogP contribution in [0.2, 0.25) is 0 Å². The van der Waals surface area contributed by atoms with Crippen molar-refractivity contribution in [1.82, 2.24) is 10.2 Å². The molecule has 0 amide bonds. The summed E-state index contributed by atoms with van der Waals surface area (Å²) in [5, 5.41) is 3.33. The summed E-state index contributed by atoms with van der Waals surface area (Å²) < 4.78 is 40.7. The van der Waals surface area contributed by atoms with Crippen LogP contribution in [0.4, 0.5) is 13.2 Å². The highest BCUT2D eigenvalue weighted by atomic mass is 19.4. The molecule has 0 aromatic carbocycles. The first-order chi connectivity index (χ1) is 8.99. The fourth-order valence-corrected chi connectivity index (χ4v) is 3.44. The van der Waals surface area contributed by atoms with E-state index in [2.05, 4.69) is 10.2 Å². The normalized spacial score (nSPS) is 32.5. The maximum absolute atomic E-state index is 12.0. The lowest BCUT2D eigenvalue weighted by molar-refractivity contribution is -0.175. The van der Waals surface area contributed by atoms with Gasteiger partial charge in [-0.15, -0.1) is 0 Å². The number of rotatable bonds is 5. The molecule has 2 saturated heterocycles. The molecule has 1 N–H and O–H groups in total. The molecule has 0 saturated carbocycles. The molecule has 2 heterocycles. The molecule has 0 radical (unpaired) electrons. The largest absolute Gasteiger partial charge is 0.411 e. The van der Waals surface area contributed by atoms with Gasteiger partial charge in [-0.2, -0.15) is 13.2 Å². The van der Waals surface area contributed by atoms with Crippen LogP contribution in [0.25, 0.3) is 0 Å². The van der Waals surface area contributed by atoms with Gasteiger partial charge in [-0.25, -0.2) is 0 Å². The highest BCUT2D eigenvalue weighted by Crippen LogP contribution is 2.33. The highest BCUT2D eigenvalue weighted by Gasteiger charge is 2.37. The van der Waals surface area contributed by atoms with Crippen LogP contribution in [0.15, 0.2) is 0 Å². The maximum Gasteiger partial charge on any atom is 0.411 e. The zero-order valence-electron chi connectivity index (χ0n) is 11.4. The third kappa shape index (κ3) is 4.33. The average molecular weight is 280 g/mol. The molecule has 2 aliphatic heterocycles. The zero-order valence-corrected chi connectivity index (χ0v) is 11.4. The van der Waals surface area contributed by atoms with E-state index in [0.717, 1.165) is 25.7 Å². The molecule has 0 spiro atoms. The lowest BCUT2D eigenvalue weighted by Gasteiger charge is -2.49. The van der Waals surface area contributed by atoms with Crippen LogP contribution in [0.5, 0.6) is 0 Å². The molecule has 2 aliphatic rings. The summed E-state index contributed by atoms with van der Waals surface area (Å²) in [5.41, 5.74) is 0. The Kier molecular flexibility index (Phi) is 5.09. The van der Waals surface area contributed by atoms with Gasteiger partial charge < -0.3 is 10.1 Å². The quantitative estimate of drug-likeness (QED) is 0.781. The van der Waals surface area contributed by atoms with Crippen LogP contribution >= 0.6 is 0 Å². The van der Waals surface area contributed by atoms with E-state index >= 15 is 0 Å². The SMILES string of the molecule is CNC1CC2CCCC(C1)N2CCOCC(F)(F)F. The number of alkyl halides is 3. The van der Waals surface area contributed by atoms with E-state index < -0.39 is 12.8 Å². The summed E-state index contributed by atoms with van der Waals surface area (Å²) in [6.45, 7) is -0.326. The second-order valence-electron chi connectivity index (χ2n) is 5.60. The van der Waals surface area contributed by atoms with E-state index in [9.17, 15) is 13.2 Å². The molecule has 2 fully saturated rings. The number of hydrogen-bond acceptors (Lipinski definition) is 3. The van der Waals surface area contributed by atoms with Crippen molar-refractivity contribution in [2.24, 2.45) is 0 Å². The standard InChI is InChI=1S/C13H23F3N2O/c1-17-10-7-11-3-2-4-12(8-10)18(11)5-6-19-9-13(14,15)16/h10-12,17H,2-9H2,1H3. The minimum atomic E-state index is -4.21. The number of nitrogens with zero attached hydrogens (tertiary/aromatic N) is 1. The Bertz CT molecular complexity index is 272. The van der Waals surface area contributed by atoms with E-state index in [1.807, 2.05) is 7.05 Å². The van der Waals surface area contributed by atoms with Crippen molar-refractivity contribution in [2.45, 2.75) is 56.4 Å². The molecular weight excluding hydrogens is 257 g/mol. The molecule has 2 atom stereocenters. The molecule has 2 bridgehead atoms. The van der Waals surface area contributed by atoms with E-state index in [4.69, 9.17) is 4.74 Å². The lowest BCUT2D eigenvalue weighted by atomic mass is 9.82. The number of hydrogen-bond donors (Lipinski definition) is 1. The van der Waals surface area contributed by atoms with Crippen LogP contribution in [-0.4, -0.2) is 56.0 Å². The third-order valence-electron chi connectivity index (χ3n) is 4.29. The fraction of sp³-hybridized carbons (Fsp3) is 1.00. The second kappa shape index (κ2) is 6.41. The topological polar surface area (TPSA) is 24.5 Å². The average Bonchev–Trinajstić information content (AvgIpc) is 2.32. The monoisotopic (exact) mass is 280 g/mol. The first-order valence-corrected chi connectivity index (χ1v) is 7.07. The Balaban J connectivity index is 1.77. The van der Waals surface area contributed by atoms with Crippen LogP contribution in [0, 0.1) is 0 Å². The second-order valence-corrected chi connectivity index (χ2v) is 5.60.